The Hall–Kier alpha value is -1.30. The van der Waals surface area contributed by atoms with E-state index in [-0.39, 0.29) is 18.1 Å². The van der Waals surface area contributed by atoms with Gasteiger partial charge in [0, 0.05) is 20.2 Å². The van der Waals surface area contributed by atoms with Crippen molar-refractivity contribution in [3.8, 4) is 0 Å². The summed E-state index contributed by atoms with van der Waals surface area (Å²) in [5.74, 6) is -0.361. The van der Waals surface area contributed by atoms with Crippen molar-refractivity contribution in [1.82, 2.24) is 10.2 Å². The van der Waals surface area contributed by atoms with Gasteiger partial charge >= 0.3 is 12.0 Å². The first kappa shape index (κ1) is 16.8. The molecule has 1 heterocycles. The molecule has 3 atom stereocenters. The van der Waals surface area contributed by atoms with Crippen LogP contribution in [0.2, 0.25) is 0 Å². The molecule has 0 aromatic carbocycles. The second-order valence-corrected chi connectivity index (χ2v) is 5.96. The molecule has 0 aromatic heterocycles. The van der Waals surface area contributed by atoms with Gasteiger partial charge in [-0.2, -0.15) is 0 Å². The van der Waals surface area contributed by atoms with Crippen LogP contribution in [-0.4, -0.2) is 54.4 Å². The maximum Gasteiger partial charge on any atom is 0.326 e. The Balaban J connectivity index is 2.58. The number of aliphatic carboxylic acids is 1. The molecule has 20 heavy (non-hydrogen) atoms. The van der Waals surface area contributed by atoms with E-state index in [1.54, 1.807) is 12.0 Å². The Kier molecular flexibility index (Phi) is 6.26. The summed E-state index contributed by atoms with van der Waals surface area (Å²) in [6.45, 7) is 7.12. The van der Waals surface area contributed by atoms with E-state index >= 15 is 0 Å². The van der Waals surface area contributed by atoms with Crippen LogP contribution in [0.1, 0.15) is 33.6 Å². The van der Waals surface area contributed by atoms with Crippen LogP contribution in [0.5, 0.6) is 0 Å². The molecule has 0 aliphatic carbocycles. The molecule has 0 aromatic rings. The van der Waals surface area contributed by atoms with Gasteiger partial charge in [0.25, 0.3) is 0 Å². The number of carboxylic acids is 1. The fourth-order valence-corrected chi connectivity index (χ4v) is 2.46. The lowest BCUT2D eigenvalue weighted by atomic mass is 9.96. The van der Waals surface area contributed by atoms with Crippen LogP contribution in [0.15, 0.2) is 0 Å². The molecule has 1 aliphatic rings. The number of nitrogens with one attached hydrogen (secondary N) is 1. The number of methoxy groups -OCH3 is 1. The average Bonchev–Trinajstić information content (AvgIpc) is 2.37. The molecule has 2 amide bonds. The fourth-order valence-electron chi connectivity index (χ4n) is 2.46. The normalized spacial score (nSPS) is 24.6. The Labute approximate surface area is 120 Å². The third kappa shape index (κ3) is 4.67. The second-order valence-electron chi connectivity index (χ2n) is 5.96. The number of piperidine rings is 1. The monoisotopic (exact) mass is 286 g/mol. The lowest BCUT2D eigenvalue weighted by Crippen LogP contribution is -2.53. The van der Waals surface area contributed by atoms with Gasteiger partial charge in [0.1, 0.15) is 6.04 Å². The van der Waals surface area contributed by atoms with Gasteiger partial charge in [-0.25, -0.2) is 9.59 Å². The van der Waals surface area contributed by atoms with Crippen LogP contribution in [-0.2, 0) is 9.53 Å². The van der Waals surface area contributed by atoms with E-state index < -0.39 is 12.0 Å². The Morgan fingerprint density at radius 3 is 2.60 bits per heavy atom. The van der Waals surface area contributed by atoms with E-state index in [1.807, 2.05) is 13.8 Å². The van der Waals surface area contributed by atoms with E-state index in [9.17, 15) is 9.59 Å². The summed E-state index contributed by atoms with van der Waals surface area (Å²) in [5.41, 5.74) is 0. The van der Waals surface area contributed by atoms with Crippen molar-refractivity contribution in [2.75, 3.05) is 20.2 Å². The predicted molar refractivity (Wildman–Crippen MR) is 75.6 cm³/mol. The molecule has 0 saturated carbocycles. The zero-order valence-electron chi connectivity index (χ0n) is 12.8. The number of likely N-dealkylation sites (tertiary alicyclic amines) is 1. The van der Waals surface area contributed by atoms with Gasteiger partial charge in [0.05, 0.1) is 6.10 Å². The van der Waals surface area contributed by atoms with Crippen LogP contribution >= 0.6 is 0 Å². The van der Waals surface area contributed by atoms with E-state index in [0.29, 0.717) is 25.4 Å². The molecule has 3 unspecified atom stereocenters. The number of amides is 2. The third-order valence-corrected chi connectivity index (χ3v) is 3.78. The predicted octanol–water partition coefficient (Wildman–Crippen LogP) is 1.55. The number of urea groups is 1. The molecule has 116 valence electrons. The number of rotatable bonds is 5. The largest absolute Gasteiger partial charge is 0.480 e. The van der Waals surface area contributed by atoms with E-state index in [2.05, 4.69) is 12.2 Å². The molecular weight excluding hydrogens is 260 g/mol. The number of nitrogens with zero attached hydrogens (tertiary/aromatic N) is 1. The van der Waals surface area contributed by atoms with E-state index in [1.165, 1.54) is 0 Å². The van der Waals surface area contributed by atoms with Crippen LogP contribution in [0.25, 0.3) is 0 Å². The molecule has 1 aliphatic heterocycles. The van der Waals surface area contributed by atoms with E-state index in [0.717, 1.165) is 6.42 Å². The third-order valence-electron chi connectivity index (χ3n) is 3.78. The van der Waals surface area contributed by atoms with Crippen molar-refractivity contribution >= 4 is 12.0 Å². The van der Waals surface area contributed by atoms with Crippen molar-refractivity contribution in [3.05, 3.63) is 0 Å². The van der Waals surface area contributed by atoms with Crippen molar-refractivity contribution < 1.29 is 19.4 Å². The maximum atomic E-state index is 12.2. The first-order valence-corrected chi connectivity index (χ1v) is 7.16. The van der Waals surface area contributed by atoms with Crippen LogP contribution < -0.4 is 5.32 Å². The second kappa shape index (κ2) is 7.47. The zero-order valence-corrected chi connectivity index (χ0v) is 12.8. The zero-order chi connectivity index (χ0) is 15.3. The first-order chi connectivity index (χ1) is 9.35. The van der Waals surface area contributed by atoms with E-state index in [4.69, 9.17) is 9.84 Å². The van der Waals surface area contributed by atoms with Crippen molar-refractivity contribution in [2.24, 2.45) is 11.8 Å². The highest BCUT2D eigenvalue weighted by atomic mass is 16.5. The Morgan fingerprint density at radius 1 is 1.45 bits per heavy atom. The maximum absolute atomic E-state index is 12.2. The molecule has 2 N–H and O–H groups in total. The topological polar surface area (TPSA) is 78.9 Å². The smallest absolute Gasteiger partial charge is 0.326 e. The molecule has 0 spiro atoms. The van der Waals surface area contributed by atoms with Gasteiger partial charge < -0.3 is 20.1 Å². The lowest BCUT2D eigenvalue weighted by molar-refractivity contribution is -0.139. The number of hydrogen-bond donors (Lipinski definition) is 2. The standard InChI is InChI=1S/C14H26N2O4/c1-9(2)7-11(13(17)18)15-14(19)16-6-5-10(3)12(8-16)20-4/h9-12H,5-8H2,1-4H3,(H,15,19)(H,17,18). The van der Waals surface area contributed by atoms with Crippen LogP contribution in [0.3, 0.4) is 0 Å². The molecular formula is C14H26N2O4. The molecule has 1 fully saturated rings. The first-order valence-electron chi connectivity index (χ1n) is 7.16. The van der Waals surface area contributed by atoms with Gasteiger partial charge in [-0.05, 0) is 24.7 Å². The molecule has 6 nitrogen and oxygen atoms in total. The number of hydrogen-bond acceptors (Lipinski definition) is 3. The summed E-state index contributed by atoms with van der Waals surface area (Å²) in [6.07, 6.45) is 1.32. The highest BCUT2D eigenvalue weighted by Crippen LogP contribution is 2.19. The molecule has 6 heteroatoms. The lowest BCUT2D eigenvalue weighted by Gasteiger charge is -2.36. The fraction of sp³-hybridized carbons (Fsp3) is 0.857. The summed E-state index contributed by atoms with van der Waals surface area (Å²) in [4.78, 5) is 25.0. The van der Waals surface area contributed by atoms with Crippen molar-refractivity contribution in [2.45, 2.75) is 45.8 Å². The number of carbonyl (C=O) groups is 2. The summed E-state index contributed by atoms with van der Waals surface area (Å²) in [6, 6.07) is -1.14. The number of ether oxygens (including phenoxy) is 1. The highest BCUT2D eigenvalue weighted by molar-refractivity contribution is 5.82. The van der Waals surface area contributed by atoms with Crippen molar-refractivity contribution in [1.29, 1.82) is 0 Å². The Bertz CT molecular complexity index is 346. The summed E-state index contributed by atoms with van der Waals surface area (Å²) in [5, 5.41) is 11.8. The molecule has 0 radical (unpaired) electrons. The van der Waals surface area contributed by atoms with Gasteiger partial charge in [-0.15, -0.1) is 0 Å². The SMILES string of the molecule is COC1CN(C(=O)NC(CC(C)C)C(=O)O)CCC1C. The summed E-state index contributed by atoms with van der Waals surface area (Å²) >= 11 is 0. The van der Waals surface area contributed by atoms with Gasteiger partial charge in [0.15, 0.2) is 0 Å². The van der Waals surface area contributed by atoms with Gasteiger partial charge in [-0.3, -0.25) is 0 Å². The molecule has 1 saturated heterocycles. The minimum atomic E-state index is -0.985. The van der Waals surface area contributed by atoms with Gasteiger partial charge in [0.2, 0.25) is 0 Å². The molecule has 0 bridgehead atoms. The summed E-state index contributed by atoms with van der Waals surface area (Å²) < 4.78 is 5.36. The van der Waals surface area contributed by atoms with Crippen molar-refractivity contribution in [3.63, 3.8) is 0 Å². The van der Waals surface area contributed by atoms with Crippen LogP contribution in [0.4, 0.5) is 4.79 Å². The average molecular weight is 286 g/mol. The quantitative estimate of drug-likeness (QED) is 0.803. The minimum Gasteiger partial charge on any atom is -0.480 e. The van der Waals surface area contributed by atoms with Gasteiger partial charge in [-0.1, -0.05) is 20.8 Å². The number of carboxylic acid groups (broad SMARTS) is 1. The van der Waals surface area contributed by atoms with Crippen LogP contribution in [0, 0.1) is 11.8 Å². The highest BCUT2D eigenvalue weighted by Gasteiger charge is 2.30. The summed E-state index contributed by atoms with van der Waals surface area (Å²) in [7, 11) is 1.64. The number of carbonyl (C=O) groups excluding carboxylic acids is 1. The Morgan fingerprint density at radius 2 is 2.10 bits per heavy atom. The molecule has 1 rings (SSSR count). The minimum absolute atomic E-state index is 0.0166.